The number of alkyl halides is 3. The minimum Gasteiger partial charge on any atom is -0.312 e. The Hall–Kier alpha value is -0.270. The maximum Gasteiger partial charge on any atom is 0.443 e. The molecule has 0 saturated carbocycles. The van der Waals surface area contributed by atoms with Gasteiger partial charge in [0, 0.05) is 17.1 Å². The van der Waals surface area contributed by atoms with E-state index in [4.69, 9.17) is 0 Å². The van der Waals surface area contributed by atoms with Gasteiger partial charge in [0.15, 0.2) is 5.01 Å². The van der Waals surface area contributed by atoms with Gasteiger partial charge in [0.2, 0.25) is 0 Å². The predicted octanol–water partition coefficient (Wildman–Crippen LogP) is 3.96. The van der Waals surface area contributed by atoms with Crippen LogP contribution in [-0.2, 0) is 6.18 Å². The zero-order valence-electron chi connectivity index (χ0n) is 10.7. The van der Waals surface area contributed by atoms with Crippen molar-refractivity contribution in [1.82, 2.24) is 10.3 Å². The van der Waals surface area contributed by atoms with Crippen LogP contribution in [0.3, 0.4) is 0 Å². The highest BCUT2D eigenvalue weighted by Gasteiger charge is 2.35. The number of nitrogens with zero attached hydrogens (tertiary/aromatic N) is 1. The highest BCUT2D eigenvalue weighted by molar-refractivity contribution is 7.99. The van der Waals surface area contributed by atoms with E-state index in [1.807, 2.05) is 11.8 Å². The summed E-state index contributed by atoms with van der Waals surface area (Å²) in [6, 6.07) is -0.0123. The average molecular weight is 310 g/mol. The van der Waals surface area contributed by atoms with Gasteiger partial charge in [-0.15, -0.1) is 11.3 Å². The zero-order valence-corrected chi connectivity index (χ0v) is 12.3. The molecule has 0 bridgehead atoms. The molecule has 0 aliphatic carbocycles. The van der Waals surface area contributed by atoms with Crippen molar-refractivity contribution in [1.29, 1.82) is 0 Å². The first kappa shape index (κ1) is 15.1. The third-order valence-corrected chi connectivity index (χ3v) is 5.57. The summed E-state index contributed by atoms with van der Waals surface area (Å²) in [7, 11) is 1.80. The van der Waals surface area contributed by atoms with Crippen molar-refractivity contribution in [3.05, 3.63) is 16.1 Å². The fourth-order valence-corrected chi connectivity index (χ4v) is 4.38. The molecule has 1 fully saturated rings. The van der Waals surface area contributed by atoms with Crippen molar-refractivity contribution in [2.75, 3.05) is 18.6 Å². The minimum absolute atomic E-state index is 0.0123. The van der Waals surface area contributed by atoms with Gasteiger partial charge in [0.05, 0.1) is 0 Å². The van der Waals surface area contributed by atoms with Gasteiger partial charge in [-0.05, 0) is 43.7 Å². The predicted molar refractivity (Wildman–Crippen MR) is 73.6 cm³/mol. The summed E-state index contributed by atoms with van der Waals surface area (Å²) >= 11 is 2.71. The zero-order chi connectivity index (χ0) is 13.9. The average Bonchev–Trinajstić information content (AvgIpc) is 2.86. The quantitative estimate of drug-likeness (QED) is 0.911. The molecule has 1 atom stereocenters. The summed E-state index contributed by atoms with van der Waals surface area (Å²) in [6.45, 7) is 0. The summed E-state index contributed by atoms with van der Waals surface area (Å²) in [4.78, 5) is 4.19. The van der Waals surface area contributed by atoms with Crippen molar-refractivity contribution >= 4 is 23.1 Å². The van der Waals surface area contributed by atoms with Crippen LogP contribution in [-0.4, -0.2) is 23.5 Å². The Kier molecular flexibility index (Phi) is 5.14. The van der Waals surface area contributed by atoms with Crippen molar-refractivity contribution in [2.24, 2.45) is 5.92 Å². The van der Waals surface area contributed by atoms with E-state index in [2.05, 4.69) is 10.3 Å². The highest BCUT2D eigenvalue weighted by Crippen LogP contribution is 2.37. The van der Waals surface area contributed by atoms with E-state index < -0.39 is 11.2 Å². The van der Waals surface area contributed by atoms with Gasteiger partial charge in [-0.2, -0.15) is 24.9 Å². The lowest BCUT2D eigenvalue weighted by molar-refractivity contribution is -0.137. The molecule has 0 radical (unpaired) electrons. The van der Waals surface area contributed by atoms with Crippen LogP contribution in [0, 0.1) is 5.92 Å². The fourth-order valence-electron chi connectivity index (χ4n) is 2.27. The van der Waals surface area contributed by atoms with Crippen LogP contribution in [0.25, 0.3) is 0 Å². The third kappa shape index (κ3) is 4.10. The molecule has 0 amide bonds. The van der Waals surface area contributed by atoms with Gasteiger partial charge >= 0.3 is 6.18 Å². The summed E-state index contributed by atoms with van der Waals surface area (Å²) in [5.41, 5.74) is 0. The van der Waals surface area contributed by atoms with E-state index in [-0.39, 0.29) is 6.04 Å². The van der Waals surface area contributed by atoms with E-state index in [0.29, 0.717) is 10.8 Å². The second kappa shape index (κ2) is 6.45. The van der Waals surface area contributed by atoms with Crippen LogP contribution >= 0.6 is 23.1 Å². The monoisotopic (exact) mass is 310 g/mol. The molecule has 1 aliphatic rings. The number of halogens is 3. The normalized spacial score (nSPS) is 19.6. The number of nitrogens with one attached hydrogen (secondary N) is 1. The molecule has 1 aliphatic heterocycles. The molecule has 19 heavy (non-hydrogen) atoms. The van der Waals surface area contributed by atoms with Crippen LogP contribution in [0.1, 0.15) is 35.2 Å². The van der Waals surface area contributed by atoms with E-state index in [1.165, 1.54) is 6.20 Å². The fraction of sp³-hybridized carbons (Fsp3) is 0.750. The van der Waals surface area contributed by atoms with Crippen LogP contribution in [0.4, 0.5) is 13.2 Å². The molecular formula is C12H17F3N2S2. The SMILES string of the molecule is CNC(CC1CCSCC1)c1cnc(C(F)(F)F)s1. The second-order valence-electron chi connectivity index (χ2n) is 4.70. The number of hydrogen-bond acceptors (Lipinski definition) is 4. The summed E-state index contributed by atoms with van der Waals surface area (Å²) < 4.78 is 37.7. The largest absolute Gasteiger partial charge is 0.443 e. The molecule has 0 aromatic carbocycles. The number of aromatic nitrogens is 1. The molecule has 7 heteroatoms. The molecule has 1 unspecified atom stereocenters. The topological polar surface area (TPSA) is 24.9 Å². The smallest absolute Gasteiger partial charge is 0.312 e. The van der Waals surface area contributed by atoms with Crippen molar-refractivity contribution in [3.63, 3.8) is 0 Å². The Bertz CT molecular complexity index is 400. The van der Waals surface area contributed by atoms with Gasteiger partial charge in [-0.1, -0.05) is 0 Å². The highest BCUT2D eigenvalue weighted by atomic mass is 32.2. The molecule has 1 aromatic heterocycles. The first-order valence-corrected chi connectivity index (χ1v) is 8.25. The standard InChI is InChI=1S/C12H17F3N2S2/c1-16-9(6-8-2-4-18-5-3-8)10-7-17-11(19-10)12(13,14)15/h7-9,16H,2-6H2,1H3. The van der Waals surface area contributed by atoms with Gasteiger partial charge < -0.3 is 5.32 Å². The first-order valence-electron chi connectivity index (χ1n) is 6.28. The van der Waals surface area contributed by atoms with E-state index in [9.17, 15) is 13.2 Å². The number of hydrogen-bond donors (Lipinski definition) is 1. The van der Waals surface area contributed by atoms with Crippen molar-refractivity contribution in [2.45, 2.75) is 31.5 Å². The number of rotatable bonds is 4. The molecule has 1 aromatic rings. The van der Waals surface area contributed by atoms with Gasteiger partial charge in [-0.3, -0.25) is 0 Å². The Morgan fingerprint density at radius 3 is 2.63 bits per heavy atom. The minimum atomic E-state index is -4.33. The molecule has 2 rings (SSSR count). The van der Waals surface area contributed by atoms with Crippen molar-refractivity contribution in [3.8, 4) is 0 Å². The van der Waals surface area contributed by atoms with Gasteiger partial charge in [-0.25, -0.2) is 4.98 Å². The Morgan fingerprint density at radius 2 is 2.11 bits per heavy atom. The second-order valence-corrected chi connectivity index (χ2v) is 6.99. The maximum absolute atomic E-state index is 12.6. The maximum atomic E-state index is 12.6. The third-order valence-electron chi connectivity index (χ3n) is 3.37. The van der Waals surface area contributed by atoms with E-state index in [0.717, 1.165) is 42.1 Å². The Labute approximate surface area is 119 Å². The Morgan fingerprint density at radius 1 is 1.42 bits per heavy atom. The summed E-state index contributed by atoms with van der Waals surface area (Å²) in [6.07, 6.45) is 0.257. The Balaban J connectivity index is 2.02. The first-order chi connectivity index (χ1) is 9.00. The van der Waals surface area contributed by atoms with Gasteiger partial charge in [0.25, 0.3) is 0 Å². The molecule has 108 valence electrons. The van der Waals surface area contributed by atoms with Crippen molar-refractivity contribution < 1.29 is 13.2 Å². The van der Waals surface area contributed by atoms with E-state index in [1.54, 1.807) is 7.05 Å². The number of thiazole rings is 1. The summed E-state index contributed by atoms with van der Waals surface area (Å²) in [5, 5.41) is 2.38. The lowest BCUT2D eigenvalue weighted by Gasteiger charge is -2.25. The van der Waals surface area contributed by atoms with Gasteiger partial charge in [0.1, 0.15) is 0 Å². The van der Waals surface area contributed by atoms with Crippen LogP contribution < -0.4 is 5.32 Å². The van der Waals surface area contributed by atoms with Crippen LogP contribution in [0.5, 0.6) is 0 Å². The van der Waals surface area contributed by atoms with Crippen LogP contribution in [0.2, 0.25) is 0 Å². The molecule has 2 heterocycles. The van der Waals surface area contributed by atoms with Crippen LogP contribution in [0.15, 0.2) is 6.20 Å². The molecule has 2 nitrogen and oxygen atoms in total. The number of thioether (sulfide) groups is 1. The molecule has 0 spiro atoms. The summed E-state index contributed by atoms with van der Waals surface area (Å²) in [5.74, 6) is 2.94. The lowest BCUT2D eigenvalue weighted by atomic mass is 9.94. The molecular weight excluding hydrogens is 293 g/mol. The molecule has 1 N–H and O–H groups in total. The van der Waals surface area contributed by atoms with E-state index >= 15 is 0 Å². The molecule has 1 saturated heterocycles. The lowest BCUT2D eigenvalue weighted by Crippen LogP contribution is -2.21.